The molecule has 2 aromatic rings. The zero-order valence-electron chi connectivity index (χ0n) is 12.8. The molecule has 0 fully saturated rings. The predicted molar refractivity (Wildman–Crippen MR) is 91.8 cm³/mol. The van der Waals surface area contributed by atoms with Crippen molar-refractivity contribution in [3.05, 3.63) is 64.9 Å². The maximum Gasteiger partial charge on any atom is 0.226 e. The van der Waals surface area contributed by atoms with E-state index in [1.165, 1.54) is 24.3 Å². The van der Waals surface area contributed by atoms with Crippen LogP contribution in [0.5, 0.6) is 0 Å². The molecule has 0 aliphatic rings. The van der Waals surface area contributed by atoms with E-state index < -0.39 is 27.8 Å². The van der Waals surface area contributed by atoms with E-state index in [2.05, 4.69) is 10.0 Å². The largest absolute Gasteiger partial charge is 0.326 e. The third-order valence-electron chi connectivity index (χ3n) is 3.13. The van der Waals surface area contributed by atoms with Crippen LogP contribution in [0, 0.1) is 5.82 Å². The second-order valence-corrected chi connectivity index (χ2v) is 7.47. The van der Waals surface area contributed by atoms with E-state index in [1.807, 2.05) is 0 Å². The van der Waals surface area contributed by atoms with Crippen LogP contribution in [0.2, 0.25) is 5.02 Å². The van der Waals surface area contributed by atoms with E-state index >= 15 is 0 Å². The van der Waals surface area contributed by atoms with Gasteiger partial charge in [0.05, 0.1) is 12.3 Å². The molecule has 1 amide bonds. The van der Waals surface area contributed by atoms with E-state index in [9.17, 15) is 17.6 Å². The van der Waals surface area contributed by atoms with Crippen LogP contribution in [-0.4, -0.2) is 20.6 Å². The molecule has 2 aromatic carbocycles. The summed E-state index contributed by atoms with van der Waals surface area (Å²) in [6, 6.07) is 11.1. The number of benzene rings is 2. The molecule has 1 unspecified atom stereocenters. The first-order valence-electron chi connectivity index (χ1n) is 7.01. The molecule has 2 N–H and O–H groups in total. The molecule has 0 saturated heterocycles. The highest BCUT2D eigenvalue weighted by Gasteiger charge is 2.20. The fourth-order valence-electron chi connectivity index (χ4n) is 2.14. The predicted octanol–water partition coefficient (Wildman–Crippen LogP) is 3.10. The zero-order chi connectivity index (χ0) is 17.7. The Morgan fingerprint density at radius 3 is 2.46 bits per heavy atom. The average Bonchev–Trinajstić information content (AvgIpc) is 2.45. The Morgan fingerprint density at radius 1 is 1.21 bits per heavy atom. The smallest absolute Gasteiger partial charge is 0.226 e. The summed E-state index contributed by atoms with van der Waals surface area (Å²) in [5.41, 5.74) is 0.993. The van der Waals surface area contributed by atoms with Crippen molar-refractivity contribution < 1.29 is 17.6 Å². The second-order valence-electron chi connectivity index (χ2n) is 5.26. The molecule has 0 radical (unpaired) electrons. The fraction of sp³-hybridized carbons (Fsp3) is 0.188. The number of amides is 1. The Bertz CT molecular complexity index is 825. The number of carbonyl (C=O) groups excluding carboxylic acids is 1. The summed E-state index contributed by atoms with van der Waals surface area (Å²) in [6.45, 7) is 0. The highest BCUT2D eigenvalue weighted by Crippen LogP contribution is 2.20. The Labute approximate surface area is 144 Å². The monoisotopic (exact) mass is 370 g/mol. The van der Waals surface area contributed by atoms with Crippen molar-refractivity contribution in [3.63, 3.8) is 0 Å². The number of carbonyl (C=O) groups is 1. The number of sulfonamides is 1. The van der Waals surface area contributed by atoms with Crippen molar-refractivity contribution in [1.29, 1.82) is 0 Å². The summed E-state index contributed by atoms with van der Waals surface area (Å²) in [6.07, 6.45) is 0.851. The number of rotatable bonds is 6. The molecule has 0 aliphatic carbocycles. The number of hydrogen-bond acceptors (Lipinski definition) is 3. The molecular formula is C16H16ClFN2O3S. The van der Waals surface area contributed by atoms with Gasteiger partial charge in [0.15, 0.2) is 0 Å². The molecule has 0 aromatic heterocycles. The molecule has 128 valence electrons. The Balaban J connectivity index is 2.15. The standard InChI is InChI=1S/C16H16ClFN2O3S/c1-24(22,23)20-15(11-5-7-13(18)8-6-11)10-16(21)19-14-4-2-3-12(17)9-14/h2-9,15,20H,10H2,1H3,(H,19,21). The molecule has 8 heteroatoms. The molecule has 24 heavy (non-hydrogen) atoms. The lowest BCUT2D eigenvalue weighted by Crippen LogP contribution is -2.30. The average molecular weight is 371 g/mol. The first kappa shape index (κ1) is 18.4. The Morgan fingerprint density at radius 2 is 1.88 bits per heavy atom. The van der Waals surface area contributed by atoms with Crippen LogP contribution >= 0.6 is 11.6 Å². The number of nitrogens with one attached hydrogen (secondary N) is 2. The number of hydrogen-bond donors (Lipinski definition) is 2. The van der Waals surface area contributed by atoms with Gasteiger partial charge in [0.25, 0.3) is 0 Å². The lowest BCUT2D eigenvalue weighted by molar-refractivity contribution is -0.116. The summed E-state index contributed by atoms with van der Waals surface area (Å²) >= 11 is 5.85. The van der Waals surface area contributed by atoms with Crippen LogP contribution in [0.1, 0.15) is 18.0 Å². The van der Waals surface area contributed by atoms with Gasteiger partial charge in [-0.25, -0.2) is 17.5 Å². The lowest BCUT2D eigenvalue weighted by atomic mass is 10.0. The van der Waals surface area contributed by atoms with E-state index in [1.54, 1.807) is 24.3 Å². The minimum atomic E-state index is -3.55. The van der Waals surface area contributed by atoms with Crippen LogP contribution in [0.15, 0.2) is 48.5 Å². The SMILES string of the molecule is CS(=O)(=O)NC(CC(=O)Nc1cccc(Cl)c1)c1ccc(F)cc1. The minimum absolute atomic E-state index is 0.148. The van der Waals surface area contributed by atoms with Crippen LogP contribution in [0.4, 0.5) is 10.1 Å². The fourth-order valence-corrected chi connectivity index (χ4v) is 3.07. The van der Waals surface area contributed by atoms with Crippen molar-refractivity contribution in [2.75, 3.05) is 11.6 Å². The highest BCUT2D eigenvalue weighted by molar-refractivity contribution is 7.88. The van der Waals surface area contributed by atoms with Gasteiger partial charge in [-0.05, 0) is 35.9 Å². The first-order valence-corrected chi connectivity index (χ1v) is 9.28. The highest BCUT2D eigenvalue weighted by atomic mass is 35.5. The molecule has 5 nitrogen and oxygen atoms in total. The van der Waals surface area contributed by atoms with E-state index in [0.717, 1.165) is 6.26 Å². The number of anilines is 1. The van der Waals surface area contributed by atoms with Crippen LogP contribution in [0.3, 0.4) is 0 Å². The maximum atomic E-state index is 13.0. The minimum Gasteiger partial charge on any atom is -0.326 e. The third kappa shape index (κ3) is 5.92. The van der Waals surface area contributed by atoms with Gasteiger partial charge in [-0.3, -0.25) is 4.79 Å². The summed E-state index contributed by atoms with van der Waals surface area (Å²) in [4.78, 5) is 12.2. The molecular weight excluding hydrogens is 355 g/mol. The zero-order valence-corrected chi connectivity index (χ0v) is 14.4. The topological polar surface area (TPSA) is 75.3 Å². The third-order valence-corrected chi connectivity index (χ3v) is 4.07. The van der Waals surface area contributed by atoms with Gasteiger partial charge < -0.3 is 5.32 Å². The van der Waals surface area contributed by atoms with E-state index in [0.29, 0.717) is 16.3 Å². The van der Waals surface area contributed by atoms with Gasteiger partial charge in [-0.2, -0.15) is 0 Å². The number of halogens is 2. The summed E-state index contributed by atoms with van der Waals surface area (Å²) < 4.78 is 38.5. The quantitative estimate of drug-likeness (QED) is 0.820. The molecule has 1 atom stereocenters. The summed E-state index contributed by atoms with van der Waals surface area (Å²) in [5, 5.41) is 3.12. The Kier molecular flexibility index (Phi) is 5.93. The lowest BCUT2D eigenvalue weighted by Gasteiger charge is -2.18. The van der Waals surface area contributed by atoms with E-state index in [4.69, 9.17) is 11.6 Å². The van der Waals surface area contributed by atoms with Crippen molar-refractivity contribution in [2.45, 2.75) is 12.5 Å². The van der Waals surface area contributed by atoms with Gasteiger partial charge in [0.1, 0.15) is 5.82 Å². The van der Waals surface area contributed by atoms with Gasteiger partial charge >= 0.3 is 0 Å². The molecule has 0 bridgehead atoms. The second kappa shape index (κ2) is 7.74. The molecule has 0 spiro atoms. The van der Waals surface area contributed by atoms with Crippen molar-refractivity contribution in [1.82, 2.24) is 4.72 Å². The maximum absolute atomic E-state index is 13.0. The van der Waals surface area contributed by atoms with E-state index in [-0.39, 0.29) is 6.42 Å². The molecule has 0 heterocycles. The van der Waals surface area contributed by atoms with Crippen molar-refractivity contribution in [3.8, 4) is 0 Å². The van der Waals surface area contributed by atoms with Gasteiger partial charge in [0.2, 0.25) is 15.9 Å². The van der Waals surface area contributed by atoms with Crippen LogP contribution in [0.25, 0.3) is 0 Å². The van der Waals surface area contributed by atoms with Crippen molar-refractivity contribution in [2.24, 2.45) is 0 Å². The molecule has 2 rings (SSSR count). The van der Waals surface area contributed by atoms with Crippen molar-refractivity contribution >= 4 is 33.2 Å². The summed E-state index contributed by atoms with van der Waals surface area (Å²) in [7, 11) is -3.55. The molecule has 0 aliphatic heterocycles. The normalized spacial score (nSPS) is 12.6. The Hall–Kier alpha value is -1.96. The van der Waals surface area contributed by atoms with Gasteiger partial charge in [-0.15, -0.1) is 0 Å². The van der Waals surface area contributed by atoms with Crippen LogP contribution in [-0.2, 0) is 14.8 Å². The summed E-state index contributed by atoms with van der Waals surface area (Å²) in [5.74, 6) is -0.844. The van der Waals surface area contributed by atoms with Gasteiger partial charge in [-0.1, -0.05) is 29.8 Å². The van der Waals surface area contributed by atoms with Gasteiger partial charge in [0, 0.05) is 17.1 Å². The first-order chi connectivity index (χ1) is 11.2. The molecule has 0 saturated carbocycles. The van der Waals surface area contributed by atoms with Crippen LogP contribution < -0.4 is 10.0 Å².